The Hall–Kier alpha value is -1.36. The summed E-state index contributed by atoms with van der Waals surface area (Å²) in [6.07, 6.45) is 3.41. The van der Waals surface area contributed by atoms with Gasteiger partial charge in [-0.1, -0.05) is 0 Å². The van der Waals surface area contributed by atoms with Gasteiger partial charge >= 0.3 is 0 Å². The lowest BCUT2D eigenvalue weighted by molar-refractivity contribution is -0.120. The van der Waals surface area contributed by atoms with Crippen molar-refractivity contribution in [2.45, 2.75) is 13.0 Å². The molecule has 0 saturated carbocycles. The Bertz CT molecular complexity index is 244. The Morgan fingerprint density at radius 3 is 3.17 bits per heavy atom. The summed E-state index contributed by atoms with van der Waals surface area (Å²) in [7, 11) is 0. The maximum absolute atomic E-state index is 10.9. The van der Waals surface area contributed by atoms with E-state index in [1.807, 2.05) is 6.92 Å². The first-order valence-corrected chi connectivity index (χ1v) is 3.72. The predicted molar refractivity (Wildman–Crippen MR) is 44.2 cm³/mol. The van der Waals surface area contributed by atoms with Crippen molar-refractivity contribution in [1.29, 1.82) is 0 Å². The van der Waals surface area contributed by atoms with Crippen LogP contribution in [0.3, 0.4) is 0 Å². The van der Waals surface area contributed by atoms with Gasteiger partial charge < -0.3 is 11.1 Å². The third-order valence-electron chi connectivity index (χ3n) is 1.58. The van der Waals surface area contributed by atoms with Gasteiger partial charge in [0.05, 0.1) is 18.8 Å². The number of amides is 1. The first-order chi connectivity index (χ1) is 5.74. The normalized spacial score (nSPS) is 12.5. The summed E-state index contributed by atoms with van der Waals surface area (Å²) in [5, 5.41) is 9.15. The molecule has 1 heterocycles. The molecule has 0 spiro atoms. The quantitative estimate of drug-likeness (QED) is 0.571. The standard InChI is InChI=1S/C7H12N4O/c1-5(11-7(12)2-8)6-3-9-10-4-6/h3-5H,2,8H2,1H3,(H,9,10)(H,11,12). The van der Waals surface area contributed by atoms with Crippen LogP contribution in [0, 0.1) is 0 Å². The van der Waals surface area contributed by atoms with Crippen LogP contribution in [-0.4, -0.2) is 22.6 Å². The lowest BCUT2D eigenvalue weighted by Gasteiger charge is -2.10. The number of carbonyl (C=O) groups excluding carboxylic acids is 1. The minimum Gasteiger partial charge on any atom is -0.348 e. The molecule has 0 radical (unpaired) electrons. The molecule has 66 valence electrons. The Kier molecular flexibility index (Phi) is 2.82. The van der Waals surface area contributed by atoms with Crippen LogP contribution < -0.4 is 11.1 Å². The molecule has 5 nitrogen and oxygen atoms in total. The highest BCUT2D eigenvalue weighted by atomic mass is 16.1. The van der Waals surface area contributed by atoms with E-state index in [9.17, 15) is 4.79 Å². The number of aromatic amines is 1. The van der Waals surface area contributed by atoms with E-state index in [0.29, 0.717) is 0 Å². The molecule has 1 rings (SSSR count). The number of H-pyrrole nitrogens is 1. The minimum atomic E-state index is -0.163. The fourth-order valence-electron chi connectivity index (χ4n) is 0.881. The highest BCUT2D eigenvalue weighted by molar-refractivity contribution is 5.78. The third kappa shape index (κ3) is 2.06. The van der Waals surface area contributed by atoms with E-state index in [0.717, 1.165) is 5.56 Å². The van der Waals surface area contributed by atoms with Gasteiger partial charge in [0.2, 0.25) is 5.91 Å². The molecule has 0 fully saturated rings. The van der Waals surface area contributed by atoms with Crippen molar-refractivity contribution in [2.24, 2.45) is 5.73 Å². The van der Waals surface area contributed by atoms with Gasteiger partial charge in [0.25, 0.3) is 0 Å². The van der Waals surface area contributed by atoms with Crippen LogP contribution in [0.25, 0.3) is 0 Å². The van der Waals surface area contributed by atoms with Crippen molar-refractivity contribution in [3.63, 3.8) is 0 Å². The highest BCUT2D eigenvalue weighted by Crippen LogP contribution is 2.07. The summed E-state index contributed by atoms with van der Waals surface area (Å²) < 4.78 is 0. The zero-order chi connectivity index (χ0) is 8.97. The van der Waals surface area contributed by atoms with Gasteiger partial charge in [-0.2, -0.15) is 5.10 Å². The second kappa shape index (κ2) is 3.87. The molecule has 1 atom stereocenters. The Morgan fingerprint density at radius 1 is 1.92 bits per heavy atom. The monoisotopic (exact) mass is 168 g/mol. The van der Waals surface area contributed by atoms with E-state index in [1.165, 1.54) is 0 Å². The van der Waals surface area contributed by atoms with Gasteiger partial charge in [-0.05, 0) is 6.92 Å². The smallest absolute Gasteiger partial charge is 0.234 e. The molecule has 0 saturated heterocycles. The van der Waals surface area contributed by atoms with Gasteiger partial charge in [-0.15, -0.1) is 0 Å². The van der Waals surface area contributed by atoms with Crippen LogP contribution in [0.4, 0.5) is 0 Å². The number of hydrogen-bond acceptors (Lipinski definition) is 3. The molecule has 5 heteroatoms. The molecule has 1 amide bonds. The average Bonchev–Trinajstić information content (AvgIpc) is 2.56. The second-order valence-corrected chi connectivity index (χ2v) is 2.52. The molecule has 0 aliphatic carbocycles. The molecule has 12 heavy (non-hydrogen) atoms. The topological polar surface area (TPSA) is 83.8 Å². The van der Waals surface area contributed by atoms with Crippen LogP contribution >= 0.6 is 0 Å². The maximum atomic E-state index is 10.9. The third-order valence-corrected chi connectivity index (χ3v) is 1.58. The van der Waals surface area contributed by atoms with Gasteiger partial charge in [0.1, 0.15) is 0 Å². The van der Waals surface area contributed by atoms with Crippen molar-refractivity contribution in [2.75, 3.05) is 6.54 Å². The molecule has 1 unspecified atom stereocenters. The van der Waals surface area contributed by atoms with E-state index < -0.39 is 0 Å². The van der Waals surface area contributed by atoms with Crippen LogP contribution in [0.1, 0.15) is 18.5 Å². The second-order valence-electron chi connectivity index (χ2n) is 2.52. The number of nitrogens with one attached hydrogen (secondary N) is 2. The summed E-state index contributed by atoms with van der Waals surface area (Å²) in [5.74, 6) is -0.163. The predicted octanol–water partition coefficient (Wildman–Crippen LogP) is -0.454. The number of aromatic nitrogens is 2. The number of nitrogens with zero attached hydrogens (tertiary/aromatic N) is 1. The number of nitrogens with two attached hydrogens (primary N) is 1. The van der Waals surface area contributed by atoms with E-state index in [4.69, 9.17) is 5.73 Å². The molecule has 0 aliphatic heterocycles. The van der Waals surface area contributed by atoms with Crippen molar-refractivity contribution >= 4 is 5.91 Å². The van der Waals surface area contributed by atoms with Gasteiger partial charge in [-0.3, -0.25) is 9.89 Å². The Morgan fingerprint density at radius 2 is 2.67 bits per heavy atom. The van der Waals surface area contributed by atoms with Gasteiger partial charge in [0, 0.05) is 11.8 Å². The SMILES string of the molecule is CC(NC(=O)CN)c1cn[nH]c1. The molecule has 1 aromatic heterocycles. The average molecular weight is 168 g/mol. The molecule has 1 aromatic rings. The summed E-state index contributed by atoms with van der Waals surface area (Å²) in [5.41, 5.74) is 6.08. The lowest BCUT2D eigenvalue weighted by Crippen LogP contribution is -2.32. The van der Waals surface area contributed by atoms with Crippen LogP contribution in [-0.2, 0) is 4.79 Å². The first-order valence-electron chi connectivity index (χ1n) is 3.72. The molecule has 0 bridgehead atoms. The largest absolute Gasteiger partial charge is 0.348 e. The van der Waals surface area contributed by atoms with Crippen molar-refractivity contribution in [3.8, 4) is 0 Å². The van der Waals surface area contributed by atoms with Gasteiger partial charge in [0.15, 0.2) is 0 Å². The fourth-order valence-corrected chi connectivity index (χ4v) is 0.881. The molecular formula is C7H12N4O. The van der Waals surface area contributed by atoms with Crippen LogP contribution in [0.15, 0.2) is 12.4 Å². The van der Waals surface area contributed by atoms with Crippen molar-refractivity contribution in [1.82, 2.24) is 15.5 Å². The van der Waals surface area contributed by atoms with Crippen LogP contribution in [0.5, 0.6) is 0 Å². The van der Waals surface area contributed by atoms with Gasteiger partial charge in [-0.25, -0.2) is 0 Å². The first kappa shape index (κ1) is 8.73. The zero-order valence-electron chi connectivity index (χ0n) is 6.87. The Balaban J connectivity index is 2.49. The number of rotatable bonds is 3. The summed E-state index contributed by atoms with van der Waals surface area (Å²) >= 11 is 0. The van der Waals surface area contributed by atoms with Crippen LogP contribution in [0.2, 0.25) is 0 Å². The summed E-state index contributed by atoms with van der Waals surface area (Å²) in [4.78, 5) is 10.9. The Labute approximate surface area is 70.3 Å². The lowest BCUT2D eigenvalue weighted by atomic mass is 10.2. The minimum absolute atomic E-state index is 0.0161. The number of carbonyl (C=O) groups is 1. The van der Waals surface area contributed by atoms with E-state index in [1.54, 1.807) is 12.4 Å². The molecule has 0 aromatic carbocycles. The fraction of sp³-hybridized carbons (Fsp3) is 0.429. The van der Waals surface area contributed by atoms with E-state index >= 15 is 0 Å². The zero-order valence-corrected chi connectivity index (χ0v) is 6.87. The van der Waals surface area contributed by atoms with E-state index in [2.05, 4.69) is 15.5 Å². The van der Waals surface area contributed by atoms with Crippen molar-refractivity contribution < 1.29 is 4.79 Å². The molecule has 0 aliphatic rings. The summed E-state index contributed by atoms with van der Waals surface area (Å²) in [6, 6.07) is -0.0419. The van der Waals surface area contributed by atoms with Crippen molar-refractivity contribution in [3.05, 3.63) is 18.0 Å². The molecule has 4 N–H and O–H groups in total. The molecular weight excluding hydrogens is 156 g/mol. The maximum Gasteiger partial charge on any atom is 0.234 e. The highest BCUT2D eigenvalue weighted by Gasteiger charge is 2.07. The number of hydrogen-bond donors (Lipinski definition) is 3. The van der Waals surface area contributed by atoms with E-state index in [-0.39, 0.29) is 18.5 Å². The summed E-state index contributed by atoms with van der Waals surface area (Å²) in [6.45, 7) is 1.89.